The quantitative estimate of drug-likeness (QED) is 0.212. The number of halogens is 5. The van der Waals surface area contributed by atoms with Crippen molar-refractivity contribution in [3.05, 3.63) is 119 Å². The molecule has 1 amide bonds. The standard InChI is InChI=1S/C30H19F5N6O3/c1-40-24-12-22(17-13-36-37-14-17)26(10-16(24)15-38-40)44-25-8-4-19(11-23(25)32)39-28(42)21-7-9-27(30(33,34)35)41(29(21)43)20-5-2-18(31)3-6-20/h2-15H,1H3,(H,36,37)(H,39,42). The van der Waals surface area contributed by atoms with Gasteiger partial charge in [0.2, 0.25) is 0 Å². The lowest BCUT2D eigenvalue weighted by Crippen LogP contribution is -2.32. The molecule has 3 aromatic carbocycles. The second-order valence-electron chi connectivity index (χ2n) is 9.61. The average Bonchev–Trinajstić information content (AvgIpc) is 3.64. The molecular formula is C30H19F5N6O3. The summed E-state index contributed by atoms with van der Waals surface area (Å²) in [7, 11) is 1.78. The Hall–Kier alpha value is -5.79. The smallest absolute Gasteiger partial charge is 0.431 e. The fourth-order valence-corrected chi connectivity index (χ4v) is 4.64. The maximum Gasteiger partial charge on any atom is 0.431 e. The molecule has 9 nitrogen and oxygen atoms in total. The van der Waals surface area contributed by atoms with Crippen molar-refractivity contribution in [1.82, 2.24) is 24.5 Å². The summed E-state index contributed by atoms with van der Waals surface area (Å²) in [4.78, 5) is 26.1. The summed E-state index contributed by atoms with van der Waals surface area (Å²) in [5.74, 6) is -2.58. The Balaban J connectivity index is 1.30. The topological polar surface area (TPSA) is 107 Å². The average molecular weight is 607 g/mol. The maximum atomic E-state index is 15.2. The fraction of sp³-hybridized carbons (Fsp3) is 0.0667. The first-order chi connectivity index (χ1) is 21.0. The number of benzene rings is 3. The predicted octanol–water partition coefficient (Wildman–Crippen LogP) is 6.46. The number of nitrogens with zero attached hydrogens (tertiary/aromatic N) is 4. The van der Waals surface area contributed by atoms with Crippen molar-refractivity contribution in [2.24, 2.45) is 7.05 Å². The highest BCUT2D eigenvalue weighted by molar-refractivity contribution is 6.04. The third-order valence-electron chi connectivity index (χ3n) is 6.77. The van der Waals surface area contributed by atoms with E-state index >= 15 is 4.39 Å². The van der Waals surface area contributed by atoms with Crippen LogP contribution in [0.4, 0.5) is 27.6 Å². The molecular weight excluding hydrogens is 587 g/mol. The number of H-pyrrole nitrogens is 1. The first kappa shape index (κ1) is 28.3. The summed E-state index contributed by atoms with van der Waals surface area (Å²) in [5.41, 5.74) is -1.64. The first-order valence-corrected chi connectivity index (χ1v) is 12.8. The molecule has 6 rings (SSSR count). The highest BCUT2D eigenvalue weighted by atomic mass is 19.4. The van der Waals surface area contributed by atoms with Crippen LogP contribution in [0, 0.1) is 11.6 Å². The minimum Gasteiger partial charge on any atom is -0.454 e. The highest BCUT2D eigenvalue weighted by Gasteiger charge is 2.36. The number of hydrogen-bond donors (Lipinski definition) is 2. The molecule has 0 aliphatic heterocycles. The summed E-state index contributed by atoms with van der Waals surface area (Å²) in [6.07, 6.45) is -0.114. The minimum atomic E-state index is -4.96. The molecule has 14 heteroatoms. The van der Waals surface area contributed by atoms with Crippen LogP contribution < -0.4 is 15.6 Å². The van der Waals surface area contributed by atoms with Gasteiger partial charge < -0.3 is 10.1 Å². The Morgan fingerprint density at radius 2 is 1.73 bits per heavy atom. The summed E-state index contributed by atoms with van der Waals surface area (Å²) in [6, 6.07) is 12.0. The molecule has 3 heterocycles. The molecule has 3 aromatic heterocycles. The van der Waals surface area contributed by atoms with Gasteiger partial charge in [0.1, 0.15) is 22.8 Å². The number of aryl methyl sites for hydroxylation is 1. The van der Waals surface area contributed by atoms with Gasteiger partial charge in [-0.05, 0) is 60.7 Å². The monoisotopic (exact) mass is 606 g/mol. The number of alkyl halides is 3. The van der Waals surface area contributed by atoms with E-state index < -0.39 is 40.5 Å². The number of rotatable bonds is 6. The number of ether oxygens (including phenoxy) is 1. The lowest BCUT2D eigenvalue weighted by molar-refractivity contribution is -0.142. The Bertz CT molecular complexity index is 2080. The Morgan fingerprint density at radius 1 is 0.955 bits per heavy atom. The van der Waals surface area contributed by atoms with Crippen molar-refractivity contribution in [1.29, 1.82) is 0 Å². The molecule has 44 heavy (non-hydrogen) atoms. The van der Waals surface area contributed by atoms with Gasteiger partial charge in [0.25, 0.3) is 11.5 Å². The van der Waals surface area contributed by atoms with Gasteiger partial charge in [0.05, 0.1) is 17.9 Å². The van der Waals surface area contributed by atoms with Gasteiger partial charge in [-0.25, -0.2) is 8.78 Å². The number of carbonyl (C=O) groups is 1. The summed E-state index contributed by atoms with van der Waals surface area (Å²) < 4.78 is 77.6. The molecule has 0 unspecified atom stereocenters. The van der Waals surface area contributed by atoms with E-state index in [9.17, 15) is 27.2 Å². The summed E-state index contributed by atoms with van der Waals surface area (Å²) >= 11 is 0. The molecule has 0 aliphatic carbocycles. The number of anilines is 1. The number of amides is 1. The molecule has 222 valence electrons. The zero-order valence-electron chi connectivity index (χ0n) is 22.5. The number of aromatic nitrogens is 5. The maximum absolute atomic E-state index is 15.2. The van der Waals surface area contributed by atoms with Crippen LogP contribution >= 0.6 is 0 Å². The molecule has 0 saturated carbocycles. The van der Waals surface area contributed by atoms with E-state index in [1.165, 1.54) is 12.1 Å². The van der Waals surface area contributed by atoms with Crippen LogP contribution in [-0.2, 0) is 13.2 Å². The number of hydrogen-bond acceptors (Lipinski definition) is 5. The molecule has 6 aromatic rings. The molecule has 0 spiro atoms. The van der Waals surface area contributed by atoms with Crippen molar-refractivity contribution in [2.75, 3.05) is 5.32 Å². The number of carbonyl (C=O) groups excluding carboxylic acids is 1. The largest absolute Gasteiger partial charge is 0.454 e. The van der Waals surface area contributed by atoms with Crippen LogP contribution in [0.3, 0.4) is 0 Å². The van der Waals surface area contributed by atoms with E-state index in [0.29, 0.717) is 22.9 Å². The Labute approximate surface area is 244 Å². The van der Waals surface area contributed by atoms with Crippen LogP contribution in [0.15, 0.2) is 90.1 Å². The Kier molecular flexibility index (Phi) is 6.96. The van der Waals surface area contributed by atoms with Gasteiger partial charge in [-0.1, -0.05) is 0 Å². The first-order valence-electron chi connectivity index (χ1n) is 12.8. The molecule has 0 atom stereocenters. The lowest BCUT2D eigenvalue weighted by Gasteiger charge is -2.17. The van der Waals surface area contributed by atoms with E-state index in [-0.39, 0.29) is 21.7 Å². The SMILES string of the molecule is Cn1ncc2cc(Oc3ccc(NC(=O)c4ccc(C(F)(F)F)n(-c5ccc(F)cc5)c4=O)cc3F)c(-c3cn[nH]c3)cc21. The van der Waals surface area contributed by atoms with E-state index in [4.69, 9.17) is 4.74 Å². The Morgan fingerprint density at radius 3 is 2.41 bits per heavy atom. The molecule has 0 radical (unpaired) electrons. The summed E-state index contributed by atoms with van der Waals surface area (Å²) in [5, 5.41) is 14.0. The number of pyridine rings is 1. The molecule has 0 saturated heterocycles. The predicted molar refractivity (Wildman–Crippen MR) is 150 cm³/mol. The normalized spacial score (nSPS) is 11.6. The minimum absolute atomic E-state index is 0.0924. The zero-order chi connectivity index (χ0) is 31.2. The van der Waals surface area contributed by atoms with Crippen LogP contribution in [0.2, 0.25) is 0 Å². The van der Waals surface area contributed by atoms with Crippen LogP contribution in [-0.4, -0.2) is 30.5 Å². The van der Waals surface area contributed by atoms with Crippen molar-refractivity contribution >= 4 is 22.5 Å². The number of fused-ring (bicyclic) bond motifs is 1. The van der Waals surface area contributed by atoms with E-state index in [1.807, 2.05) is 6.07 Å². The van der Waals surface area contributed by atoms with Gasteiger partial charge in [-0.15, -0.1) is 0 Å². The van der Waals surface area contributed by atoms with Crippen molar-refractivity contribution in [2.45, 2.75) is 6.18 Å². The van der Waals surface area contributed by atoms with E-state index in [0.717, 1.165) is 47.3 Å². The molecule has 0 bridgehead atoms. The van der Waals surface area contributed by atoms with Crippen LogP contribution in [0.25, 0.3) is 27.7 Å². The van der Waals surface area contributed by atoms with Crippen LogP contribution in [0.5, 0.6) is 11.5 Å². The third-order valence-corrected chi connectivity index (χ3v) is 6.77. The van der Waals surface area contributed by atoms with Crippen LogP contribution in [0.1, 0.15) is 16.1 Å². The van der Waals surface area contributed by atoms with Crippen molar-refractivity contribution in [3.63, 3.8) is 0 Å². The van der Waals surface area contributed by atoms with E-state index in [2.05, 4.69) is 20.6 Å². The van der Waals surface area contributed by atoms with Gasteiger partial charge in [-0.3, -0.25) is 23.9 Å². The van der Waals surface area contributed by atoms with E-state index in [1.54, 1.807) is 36.4 Å². The van der Waals surface area contributed by atoms with Gasteiger partial charge in [0, 0.05) is 47.2 Å². The lowest BCUT2D eigenvalue weighted by atomic mass is 10.1. The molecule has 2 N–H and O–H groups in total. The number of nitrogens with one attached hydrogen (secondary N) is 2. The second kappa shape index (κ2) is 10.8. The second-order valence-corrected chi connectivity index (χ2v) is 9.61. The molecule has 0 aliphatic rings. The highest BCUT2D eigenvalue weighted by Crippen LogP contribution is 2.38. The van der Waals surface area contributed by atoms with Crippen molar-refractivity contribution < 1.29 is 31.5 Å². The zero-order valence-corrected chi connectivity index (χ0v) is 22.5. The van der Waals surface area contributed by atoms with Crippen molar-refractivity contribution in [3.8, 4) is 28.3 Å². The number of aromatic amines is 1. The fourth-order valence-electron chi connectivity index (χ4n) is 4.64. The third kappa shape index (κ3) is 5.28. The van der Waals surface area contributed by atoms with Gasteiger partial charge in [-0.2, -0.15) is 23.4 Å². The van der Waals surface area contributed by atoms with Gasteiger partial charge in [0.15, 0.2) is 11.6 Å². The summed E-state index contributed by atoms with van der Waals surface area (Å²) in [6.45, 7) is 0. The van der Waals surface area contributed by atoms with Gasteiger partial charge >= 0.3 is 6.18 Å². The molecule has 0 fully saturated rings.